The Morgan fingerprint density at radius 3 is 2.60 bits per heavy atom. The lowest BCUT2D eigenvalue weighted by molar-refractivity contribution is -0.139. The lowest BCUT2D eigenvalue weighted by atomic mass is 10.0. The molecule has 0 saturated heterocycles. The van der Waals surface area contributed by atoms with Crippen molar-refractivity contribution in [2.24, 2.45) is 0 Å². The molecule has 0 amide bonds. The summed E-state index contributed by atoms with van der Waals surface area (Å²) in [4.78, 5) is 11.0. The van der Waals surface area contributed by atoms with Gasteiger partial charge in [-0.3, -0.25) is 4.79 Å². The maximum Gasteiger partial charge on any atom is 0.325 e. The predicted octanol–water partition coefficient (Wildman–Crippen LogP) is 2.24. The summed E-state index contributed by atoms with van der Waals surface area (Å²) in [6.07, 6.45) is 0. The SMILES string of the molecule is C=C(Cl)c1ccccc1C(NC)C(=O)O. The molecule has 0 aromatic heterocycles. The molecule has 0 aliphatic heterocycles. The largest absolute Gasteiger partial charge is 0.480 e. The van der Waals surface area contributed by atoms with Crippen LogP contribution in [0, 0.1) is 0 Å². The number of aliphatic carboxylic acids is 1. The zero-order valence-electron chi connectivity index (χ0n) is 8.33. The minimum absolute atomic E-state index is 0.340. The molecule has 0 saturated carbocycles. The lowest BCUT2D eigenvalue weighted by Crippen LogP contribution is -2.25. The summed E-state index contributed by atoms with van der Waals surface area (Å²) in [6, 6.07) is 6.26. The van der Waals surface area contributed by atoms with Crippen LogP contribution in [-0.2, 0) is 4.79 Å². The highest BCUT2D eigenvalue weighted by molar-refractivity contribution is 6.48. The van der Waals surface area contributed by atoms with Crippen LogP contribution in [-0.4, -0.2) is 18.1 Å². The van der Waals surface area contributed by atoms with Crippen molar-refractivity contribution in [1.29, 1.82) is 0 Å². The molecule has 1 unspecified atom stereocenters. The quantitative estimate of drug-likeness (QED) is 0.826. The van der Waals surface area contributed by atoms with Crippen LogP contribution < -0.4 is 5.32 Å². The smallest absolute Gasteiger partial charge is 0.325 e. The number of hydrogen-bond donors (Lipinski definition) is 2. The minimum Gasteiger partial charge on any atom is -0.480 e. The van der Waals surface area contributed by atoms with Gasteiger partial charge >= 0.3 is 5.97 Å². The fourth-order valence-corrected chi connectivity index (χ4v) is 1.58. The summed E-state index contributed by atoms with van der Waals surface area (Å²) in [5.74, 6) is -0.942. The predicted molar refractivity (Wildman–Crippen MR) is 60.8 cm³/mol. The van der Waals surface area contributed by atoms with E-state index in [1.54, 1.807) is 31.3 Å². The summed E-state index contributed by atoms with van der Waals surface area (Å²) in [5.41, 5.74) is 1.27. The van der Waals surface area contributed by atoms with Crippen molar-refractivity contribution in [2.45, 2.75) is 6.04 Å². The standard InChI is InChI=1S/C11H12ClNO2/c1-7(12)8-5-3-4-6-9(8)10(13-2)11(14)15/h3-6,10,13H,1H2,2H3,(H,14,15). The molecule has 4 heteroatoms. The summed E-state index contributed by atoms with van der Waals surface area (Å²) in [5, 5.41) is 12.1. The molecular weight excluding hydrogens is 214 g/mol. The van der Waals surface area contributed by atoms with E-state index in [0.717, 1.165) is 0 Å². The van der Waals surface area contributed by atoms with E-state index in [4.69, 9.17) is 16.7 Å². The molecule has 2 N–H and O–H groups in total. The van der Waals surface area contributed by atoms with Gasteiger partial charge in [-0.05, 0) is 18.2 Å². The molecule has 1 aromatic rings. The average Bonchev–Trinajstić information content (AvgIpc) is 2.18. The summed E-state index contributed by atoms with van der Waals surface area (Å²) in [7, 11) is 1.59. The molecule has 1 atom stereocenters. The van der Waals surface area contributed by atoms with E-state index >= 15 is 0 Å². The van der Waals surface area contributed by atoms with Crippen LogP contribution in [0.15, 0.2) is 30.8 Å². The molecule has 0 spiro atoms. The summed E-state index contributed by atoms with van der Waals surface area (Å²) >= 11 is 5.80. The van der Waals surface area contributed by atoms with E-state index in [1.807, 2.05) is 0 Å². The third-order valence-electron chi connectivity index (χ3n) is 2.10. The van der Waals surface area contributed by atoms with Gasteiger partial charge in [0, 0.05) is 5.03 Å². The van der Waals surface area contributed by atoms with Gasteiger partial charge in [0.15, 0.2) is 0 Å². The molecular formula is C11H12ClNO2. The van der Waals surface area contributed by atoms with Crippen LogP contribution in [0.25, 0.3) is 5.03 Å². The number of likely N-dealkylation sites (N-methyl/N-ethyl adjacent to an activating group) is 1. The topological polar surface area (TPSA) is 49.3 Å². The van der Waals surface area contributed by atoms with Crippen molar-refractivity contribution < 1.29 is 9.90 Å². The van der Waals surface area contributed by atoms with Gasteiger partial charge in [-0.25, -0.2) is 0 Å². The number of rotatable bonds is 4. The molecule has 15 heavy (non-hydrogen) atoms. The van der Waals surface area contributed by atoms with Crippen molar-refractivity contribution in [3.63, 3.8) is 0 Å². The minimum atomic E-state index is -0.942. The first-order valence-corrected chi connectivity index (χ1v) is 4.79. The van der Waals surface area contributed by atoms with Crippen LogP contribution in [0.1, 0.15) is 17.2 Å². The first-order valence-electron chi connectivity index (χ1n) is 4.41. The lowest BCUT2D eigenvalue weighted by Gasteiger charge is -2.15. The van der Waals surface area contributed by atoms with Gasteiger partial charge < -0.3 is 10.4 Å². The van der Waals surface area contributed by atoms with Gasteiger partial charge in [-0.1, -0.05) is 42.4 Å². The molecule has 1 rings (SSSR count). The molecule has 0 radical (unpaired) electrons. The van der Waals surface area contributed by atoms with Gasteiger partial charge in [0.2, 0.25) is 0 Å². The molecule has 0 aliphatic carbocycles. The van der Waals surface area contributed by atoms with Crippen molar-refractivity contribution >= 4 is 22.6 Å². The Morgan fingerprint density at radius 2 is 2.13 bits per heavy atom. The van der Waals surface area contributed by atoms with Crippen molar-refractivity contribution in [3.05, 3.63) is 42.0 Å². The number of benzene rings is 1. The van der Waals surface area contributed by atoms with E-state index in [1.165, 1.54) is 0 Å². The van der Waals surface area contributed by atoms with Crippen molar-refractivity contribution in [2.75, 3.05) is 7.05 Å². The Morgan fingerprint density at radius 1 is 1.53 bits per heavy atom. The normalized spacial score (nSPS) is 12.1. The van der Waals surface area contributed by atoms with Gasteiger partial charge in [0.1, 0.15) is 6.04 Å². The number of halogens is 1. The average molecular weight is 226 g/mol. The number of carboxylic acid groups (broad SMARTS) is 1. The van der Waals surface area contributed by atoms with E-state index < -0.39 is 12.0 Å². The van der Waals surface area contributed by atoms with Crippen molar-refractivity contribution in [1.82, 2.24) is 5.32 Å². The van der Waals surface area contributed by atoms with Gasteiger partial charge in [-0.15, -0.1) is 0 Å². The maximum atomic E-state index is 11.0. The molecule has 0 aliphatic rings. The monoisotopic (exact) mass is 225 g/mol. The molecule has 0 bridgehead atoms. The zero-order valence-corrected chi connectivity index (χ0v) is 9.08. The van der Waals surface area contributed by atoms with Crippen LogP contribution >= 0.6 is 11.6 Å². The number of hydrogen-bond acceptors (Lipinski definition) is 2. The third-order valence-corrected chi connectivity index (χ3v) is 2.30. The highest BCUT2D eigenvalue weighted by Gasteiger charge is 2.20. The highest BCUT2D eigenvalue weighted by atomic mass is 35.5. The van der Waals surface area contributed by atoms with E-state index in [9.17, 15) is 4.79 Å². The fourth-order valence-electron chi connectivity index (χ4n) is 1.41. The van der Waals surface area contributed by atoms with Crippen LogP contribution in [0.4, 0.5) is 0 Å². The second-order valence-electron chi connectivity index (χ2n) is 3.05. The summed E-state index contributed by atoms with van der Waals surface area (Å²) in [6.45, 7) is 3.61. The van der Waals surface area contributed by atoms with Crippen molar-refractivity contribution in [3.8, 4) is 0 Å². The molecule has 1 aromatic carbocycles. The van der Waals surface area contributed by atoms with E-state index in [0.29, 0.717) is 16.2 Å². The first kappa shape index (κ1) is 11.8. The molecule has 80 valence electrons. The molecule has 0 heterocycles. The number of nitrogens with one attached hydrogen (secondary N) is 1. The highest BCUT2D eigenvalue weighted by Crippen LogP contribution is 2.25. The fraction of sp³-hybridized carbons (Fsp3) is 0.182. The first-order chi connectivity index (χ1) is 7.07. The molecule has 0 fully saturated rings. The second-order valence-corrected chi connectivity index (χ2v) is 3.51. The molecule has 3 nitrogen and oxygen atoms in total. The Bertz CT molecular complexity index is 390. The zero-order chi connectivity index (χ0) is 11.4. The number of carboxylic acids is 1. The van der Waals surface area contributed by atoms with E-state index in [-0.39, 0.29) is 0 Å². The Balaban J connectivity index is 3.22. The third kappa shape index (κ3) is 2.58. The van der Waals surface area contributed by atoms with Gasteiger partial charge in [-0.2, -0.15) is 0 Å². The number of carbonyl (C=O) groups is 1. The van der Waals surface area contributed by atoms with E-state index in [2.05, 4.69) is 11.9 Å². The van der Waals surface area contributed by atoms with Crippen LogP contribution in [0.5, 0.6) is 0 Å². The van der Waals surface area contributed by atoms with Crippen LogP contribution in [0.3, 0.4) is 0 Å². The maximum absolute atomic E-state index is 11.0. The Labute approximate surface area is 93.4 Å². The van der Waals surface area contributed by atoms with Gasteiger partial charge in [0.25, 0.3) is 0 Å². The Kier molecular flexibility index (Phi) is 3.88. The van der Waals surface area contributed by atoms with Gasteiger partial charge in [0.05, 0.1) is 0 Å². The second kappa shape index (κ2) is 4.96. The van der Waals surface area contributed by atoms with Crippen LogP contribution in [0.2, 0.25) is 0 Å². The Hall–Kier alpha value is -1.32. The summed E-state index contributed by atoms with van der Waals surface area (Å²) < 4.78 is 0.